The van der Waals surface area contributed by atoms with Gasteiger partial charge in [-0.2, -0.15) is 0 Å². The number of ether oxygens (including phenoxy) is 1. The number of carbonyl (C=O) groups is 2. The molecule has 2 aliphatic heterocycles. The Labute approximate surface area is 165 Å². The van der Waals surface area contributed by atoms with Crippen molar-refractivity contribution in [2.75, 3.05) is 59.0 Å². The Morgan fingerprint density at radius 3 is 2.37 bits per heavy atom. The van der Waals surface area contributed by atoms with Gasteiger partial charge in [-0.25, -0.2) is 0 Å². The van der Waals surface area contributed by atoms with Crippen molar-refractivity contribution in [3.05, 3.63) is 34.9 Å². The first-order valence-corrected chi connectivity index (χ1v) is 10.1. The molecule has 27 heavy (non-hydrogen) atoms. The third kappa shape index (κ3) is 4.28. The van der Waals surface area contributed by atoms with E-state index < -0.39 is 0 Å². The van der Waals surface area contributed by atoms with Crippen LogP contribution in [-0.4, -0.2) is 85.5 Å². The molecule has 146 valence electrons. The molecule has 1 aliphatic carbocycles. The fourth-order valence-corrected chi connectivity index (χ4v) is 4.32. The fraction of sp³-hybridized carbons (Fsp3) is 0.600. The van der Waals surface area contributed by atoms with Gasteiger partial charge in [0.2, 0.25) is 11.8 Å². The van der Waals surface area contributed by atoms with E-state index in [9.17, 15) is 9.59 Å². The molecular weight excluding hydrogens is 366 g/mol. The highest BCUT2D eigenvalue weighted by Gasteiger charge is 2.46. The summed E-state index contributed by atoms with van der Waals surface area (Å²) in [6.45, 7) is 5.97. The maximum Gasteiger partial charge on any atom is 0.236 e. The van der Waals surface area contributed by atoms with Crippen LogP contribution in [0.3, 0.4) is 0 Å². The van der Waals surface area contributed by atoms with E-state index in [4.69, 9.17) is 16.3 Å². The molecule has 0 spiro atoms. The van der Waals surface area contributed by atoms with Gasteiger partial charge >= 0.3 is 0 Å². The maximum absolute atomic E-state index is 12.8. The first-order chi connectivity index (χ1) is 13.1. The minimum absolute atomic E-state index is 0.0421. The monoisotopic (exact) mass is 391 g/mol. The van der Waals surface area contributed by atoms with Crippen LogP contribution in [0.2, 0.25) is 5.02 Å². The molecule has 3 fully saturated rings. The van der Waals surface area contributed by atoms with Crippen molar-refractivity contribution >= 4 is 23.4 Å². The second kappa shape index (κ2) is 8.17. The number of benzene rings is 1. The second-order valence-electron chi connectivity index (χ2n) is 7.56. The predicted octanol–water partition coefficient (Wildman–Crippen LogP) is 1.45. The Balaban J connectivity index is 1.25. The summed E-state index contributed by atoms with van der Waals surface area (Å²) >= 11 is 6.27. The van der Waals surface area contributed by atoms with Crippen molar-refractivity contribution in [2.24, 2.45) is 5.92 Å². The standard InChI is InChI=1S/C20H26ClN3O3/c21-18-4-2-1-3-15(18)16-13-17(16)20(26)24-7-5-23(6-8-24)19(25)14-22-9-11-27-12-10-22/h1-4,16-17H,5-14H2. The van der Waals surface area contributed by atoms with Gasteiger partial charge in [0, 0.05) is 50.2 Å². The molecule has 6 nitrogen and oxygen atoms in total. The minimum atomic E-state index is 0.0421. The number of amides is 2. The summed E-state index contributed by atoms with van der Waals surface area (Å²) in [5, 5.41) is 0.747. The molecule has 0 bridgehead atoms. The summed E-state index contributed by atoms with van der Waals surface area (Å²) in [6, 6.07) is 7.79. The summed E-state index contributed by atoms with van der Waals surface area (Å²) in [5.41, 5.74) is 1.08. The SMILES string of the molecule is O=C(CN1CCOCC1)N1CCN(C(=O)C2CC2c2ccccc2Cl)CC1. The van der Waals surface area contributed by atoms with Crippen molar-refractivity contribution in [3.63, 3.8) is 0 Å². The Morgan fingerprint density at radius 1 is 1.00 bits per heavy atom. The number of carbonyl (C=O) groups excluding carboxylic acids is 2. The number of hydrogen-bond acceptors (Lipinski definition) is 4. The molecule has 0 radical (unpaired) electrons. The van der Waals surface area contributed by atoms with E-state index in [1.54, 1.807) is 0 Å². The summed E-state index contributed by atoms with van der Waals surface area (Å²) in [7, 11) is 0. The zero-order chi connectivity index (χ0) is 18.8. The van der Waals surface area contributed by atoms with Gasteiger partial charge in [0.15, 0.2) is 0 Å². The number of hydrogen-bond donors (Lipinski definition) is 0. The van der Waals surface area contributed by atoms with E-state index in [0.29, 0.717) is 45.9 Å². The van der Waals surface area contributed by atoms with Crippen LogP contribution in [0.4, 0.5) is 0 Å². The van der Waals surface area contributed by atoms with Crippen molar-refractivity contribution < 1.29 is 14.3 Å². The normalized spacial score (nSPS) is 26.1. The van der Waals surface area contributed by atoms with Gasteiger partial charge in [0.05, 0.1) is 19.8 Å². The Kier molecular flexibility index (Phi) is 5.66. The lowest BCUT2D eigenvalue weighted by Gasteiger charge is -2.36. The smallest absolute Gasteiger partial charge is 0.236 e. The van der Waals surface area contributed by atoms with Crippen LogP contribution in [0.5, 0.6) is 0 Å². The fourth-order valence-electron chi connectivity index (χ4n) is 4.05. The van der Waals surface area contributed by atoms with Gasteiger partial charge in [-0.1, -0.05) is 29.8 Å². The first kappa shape index (κ1) is 18.7. The van der Waals surface area contributed by atoms with Gasteiger partial charge in [0.1, 0.15) is 0 Å². The molecule has 2 heterocycles. The van der Waals surface area contributed by atoms with E-state index in [1.165, 1.54) is 0 Å². The molecule has 2 unspecified atom stereocenters. The van der Waals surface area contributed by atoms with E-state index >= 15 is 0 Å². The largest absolute Gasteiger partial charge is 0.379 e. The van der Waals surface area contributed by atoms with Gasteiger partial charge < -0.3 is 14.5 Å². The molecule has 1 saturated carbocycles. The highest BCUT2D eigenvalue weighted by molar-refractivity contribution is 6.31. The highest BCUT2D eigenvalue weighted by Crippen LogP contribution is 2.50. The van der Waals surface area contributed by atoms with Crippen LogP contribution >= 0.6 is 11.6 Å². The topological polar surface area (TPSA) is 53.1 Å². The van der Waals surface area contributed by atoms with Crippen LogP contribution < -0.4 is 0 Å². The molecule has 1 aromatic carbocycles. The molecule has 1 aromatic rings. The third-order valence-electron chi connectivity index (χ3n) is 5.82. The molecule has 3 aliphatic rings. The maximum atomic E-state index is 12.8. The Bertz CT molecular complexity index is 699. The van der Waals surface area contributed by atoms with E-state index in [2.05, 4.69) is 4.90 Å². The number of rotatable bonds is 4. The van der Waals surface area contributed by atoms with E-state index in [-0.39, 0.29) is 23.7 Å². The predicted molar refractivity (Wildman–Crippen MR) is 103 cm³/mol. The number of nitrogens with zero attached hydrogens (tertiary/aromatic N) is 3. The molecule has 2 amide bonds. The number of halogens is 1. The minimum Gasteiger partial charge on any atom is -0.379 e. The van der Waals surface area contributed by atoms with Gasteiger partial charge in [-0.15, -0.1) is 0 Å². The summed E-state index contributed by atoms with van der Waals surface area (Å²) in [4.78, 5) is 31.2. The van der Waals surface area contributed by atoms with Crippen molar-refractivity contribution in [3.8, 4) is 0 Å². The number of piperazine rings is 1. The van der Waals surface area contributed by atoms with Crippen LogP contribution in [0, 0.1) is 5.92 Å². The number of morpholine rings is 1. The van der Waals surface area contributed by atoms with Crippen molar-refractivity contribution in [1.29, 1.82) is 0 Å². The summed E-state index contributed by atoms with van der Waals surface area (Å²) < 4.78 is 5.32. The lowest BCUT2D eigenvalue weighted by Crippen LogP contribution is -2.53. The van der Waals surface area contributed by atoms with Gasteiger partial charge in [0.25, 0.3) is 0 Å². The van der Waals surface area contributed by atoms with Crippen LogP contribution in [0.15, 0.2) is 24.3 Å². The van der Waals surface area contributed by atoms with E-state index in [0.717, 1.165) is 30.1 Å². The zero-order valence-electron chi connectivity index (χ0n) is 15.5. The van der Waals surface area contributed by atoms with Crippen LogP contribution in [0.25, 0.3) is 0 Å². The lowest BCUT2D eigenvalue weighted by atomic mass is 10.1. The second-order valence-corrected chi connectivity index (χ2v) is 7.97. The zero-order valence-corrected chi connectivity index (χ0v) is 16.2. The average molecular weight is 392 g/mol. The average Bonchev–Trinajstić information content (AvgIpc) is 3.49. The van der Waals surface area contributed by atoms with E-state index in [1.807, 2.05) is 34.1 Å². The summed E-state index contributed by atoms with van der Waals surface area (Å²) in [6.07, 6.45) is 0.874. The molecule has 2 atom stereocenters. The highest BCUT2D eigenvalue weighted by atomic mass is 35.5. The van der Waals surface area contributed by atoms with Crippen LogP contribution in [-0.2, 0) is 14.3 Å². The molecule has 0 aromatic heterocycles. The lowest BCUT2D eigenvalue weighted by molar-refractivity contribution is -0.141. The molecule has 0 N–H and O–H groups in total. The van der Waals surface area contributed by atoms with Gasteiger partial charge in [-0.05, 0) is 24.0 Å². The van der Waals surface area contributed by atoms with Crippen LogP contribution in [0.1, 0.15) is 17.9 Å². The first-order valence-electron chi connectivity index (χ1n) is 9.74. The Morgan fingerprint density at radius 2 is 1.67 bits per heavy atom. The molecule has 4 rings (SSSR count). The van der Waals surface area contributed by atoms with Crippen molar-refractivity contribution in [1.82, 2.24) is 14.7 Å². The molecular formula is C20H26ClN3O3. The Hall–Kier alpha value is -1.63. The molecule has 2 saturated heterocycles. The molecule has 7 heteroatoms. The third-order valence-corrected chi connectivity index (χ3v) is 6.16. The summed E-state index contributed by atoms with van der Waals surface area (Å²) in [5.74, 6) is 0.650. The van der Waals surface area contributed by atoms with Crippen molar-refractivity contribution in [2.45, 2.75) is 12.3 Å². The van der Waals surface area contributed by atoms with Gasteiger partial charge in [-0.3, -0.25) is 14.5 Å². The quantitative estimate of drug-likeness (QED) is 0.779.